The Morgan fingerprint density at radius 3 is 2.63 bits per heavy atom. The van der Waals surface area contributed by atoms with E-state index in [0.717, 1.165) is 22.0 Å². The van der Waals surface area contributed by atoms with Gasteiger partial charge in [-0.05, 0) is 57.5 Å². The van der Waals surface area contributed by atoms with Gasteiger partial charge < -0.3 is 20.9 Å². The first-order valence-corrected chi connectivity index (χ1v) is 10.5. The summed E-state index contributed by atoms with van der Waals surface area (Å²) in [6, 6.07) is 6.45. The number of aliphatic hydroxyl groups is 1. The van der Waals surface area contributed by atoms with Gasteiger partial charge in [0.1, 0.15) is 22.4 Å². The molecule has 0 aliphatic heterocycles. The zero-order valence-corrected chi connectivity index (χ0v) is 18.2. The lowest BCUT2D eigenvalue weighted by Crippen LogP contribution is -2.38. The minimum Gasteiger partial charge on any atom is -0.489 e. The highest BCUT2D eigenvalue weighted by atomic mass is 32.1. The molecule has 0 unspecified atom stereocenters. The fourth-order valence-corrected chi connectivity index (χ4v) is 3.63. The number of hydrogen-bond donors (Lipinski definition) is 3. The van der Waals surface area contributed by atoms with Crippen LogP contribution in [-0.4, -0.2) is 45.1 Å². The van der Waals surface area contributed by atoms with E-state index in [9.17, 15) is 9.50 Å². The molecule has 160 valence electrons. The molecule has 0 saturated carbocycles. The number of rotatable bonds is 8. The fourth-order valence-electron chi connectivity index (χ4n) is 2.71. The monoisotopic (exact) mass is 431 g/mol. The Kier molecular flexibility index (Phi) is 6.96. The molecule has 0 spiro atoms. The number of hydrogen-bond acceptors (Lipinski definition) is 8. The van der Waals surface area contributed by atoms with Crippen LogP contribution in [0.3, 0.4) is 0 Å². The van der Waals surface area contributed by atoms with Crippen LogP contribution in [0.4, 0.5) is 10.2 Å². The topological polar surface area (TPSA) is 106 Å². The maximum Gasteiger partial charge on any atom is 0.165 e. The smallest absolute Gasteiger partial charge is 0.165 e. The Hall–Kier alpha value is -2.62. The second kappa shape index (κ2) is 9.46. The van der Waals surface area contributed by atoms with Crippen molar-refractivity contribution in [2.24, 2.45) is 5.73 Å². The molecule has 0 fully saturated rings. The van der Waals surface area contributed by atoms with Crippen molar-refractivity contribution in [3.63, 3.8) is 0 Å². The van der Waals surface area contributed by atoms with Gasteiger partial charge in [0.25, 0.3) is 0 Å². The molecule has 4 N–H and O–H groups in total. The first-order chi connectivity index (χ1) is 14.2. The molecule has 3 aromatic rings. The zero-order valence-electron chi connectivity index (χ0n) is 17.4. The number of pyridine rings is 1. The molecule has 0 amide bonds. The summed E-state index contributed by atoms with van der Waals surface area (Å²) in [4.78, 5) is 4.30. The van der Waals surface area contributed by atoms with Crippen LogP contribution in [-0.2, 0) is 0 Å². The highest BCUT2D eigenvalue weighted by molar-refractivity contribution is 7.17. The van der Waals surface area contributed by atoms with E-state index >= 15 is 0 Å². The summed E-state index contributed by atoms with van der Waals surface area (Å²) < 4.78 is 20.0. The largest absolute Gasteiger partial charge is 0.489 e. The van der Waals surface area contributed by atoms with Crippen molar-refractivity contribution >= 4 is 17.2 Å². The SMILES string of the molecule is Cc1cc(OC[C@H](N)[C@@H](C)O)c(F)cc1-c1nnc(-c2ccnc(NC(C)C)c2)s1. The van der Waals surface area contributed by atoms with Gasteiger partial charge in [0.05, 0.1) is 12.1 Å². The van der Waals surface area contributed by atoms with Gasteiger partial charge >= 0.3 is 0 Å². The summed E-state index contributed by atoms with van der Waals surface area (Å²) in [6.07, 6.45) is 0.980. The van der Waals surface area contributed by atoms with Crippen LogP contribution < -0.4 is 15.8 Å². The van der Waals surface area contributed by atoms with Gasteiger partial charge in [-0.15, -0.1) is 10.2 Å². The number of aryl methyl sites for hydroxylation is 1. The van der Waals surface area contributed by atoms with Crippen LogP contribution in [0, 0.1) is 12.7 Å². The van der Waals surface area contributed by atoms with E-state index in [2.05, 4.69) is 20.5 Å². The van der Waals surface area contributed by atoms with E-state index in [0.29, 0.717) is 10.6 Å². The lowest BCUT2D eigenvalue weighted by molar-refractivity contribution is 0.129. The summed E-state index contributed by atoms with van der Waals surface area (Å²) in [7, 11) is 0. The van der Waals surface area contributed by atoms with Gasteiger partial charge in [-0.3, -0.25) is 0 Å². The van der Waals surface area contributed by atoms with Crippen molar-refractivity contribution in [3.8, 4) is 26.9 Å². The van der Waals surface area contributed by atoms with Gasteiger partial charge in [0.15, 0.2) is 11.6 Å². The average Bonchev–Trinajstić information content (AvgIpc) is 3.17. The van der Waals surface area contributed by atoms with Gasteiger partial charge in [0.2, 0.25) is 0 Å². The molecule has 9 heteroatoms. The molecular weight excluding hydrogens is 405 g/mol. The van der Waals surface area contributed by atoms with Gasteiger partial charge in [0, 0.05) is 23.4 Å². The number of nitrogens with zero attached hydrogens (tertiary/aromatic N) is 3. The van der Waals surface area contributed by atoms with E-state index in [4.69, 9.17) is 10.5 Å². The minimum atomic E-state index is -0.738. The van der Waals surface area contributed by atoms with Crippen LogP contribution in [0.1, 0.15) is 26.3 Å². The molecule has 0 saturated heterocycles. The molecule has 0 aliphatic rings. The third kappa shape index (κ3) is 5.29. The maximum atomic E-state index is 14.6. The maximum absolute atomic E-state index is 14.6. The second-order valence-corrected chi connectivity index (χ2v) is 8.43. The summed E-state index contributed by atoms with van der Waals surface area (Å²) >= 11 is 1.38. The highest BCUT2D eigenvalue weighted by Crippen LogP contribution is 2.34. The van der Waals surface area contributed by atoms with Crippen molar-refractivity contribution < 1.29 is 14.2 Å². The molecule has 3 rings (SSSR count). The first-order valence-electron chi connectivity index (χ1n) is 9.68. The number of aromatic nitrogens is 3. The number of aliphatic hydroxyl groups excluding tert-OH is 1. The van der Waals surface area contributed by atoms with Gasteiger partial charge in [-0.25, -0.2) is 9.37 Å². The quantitative estimate of drug-likeness (QED) is 0.500. The highest BCUT2D eigenvalue weighted by Gasteiger charge is 2.17. The number of anilines is 1. The van der Waals surface area contributed by atoms with E-state index in [1.54, 1.807) is 19.2 Å². The van der Waals surface area contributed by atoms with Crippen molar-refractivity contribution in [1.82, 2.24) is 15.2 Å². The summed E-state index contributed by atoms with van der Waals surface area (Å²) in [5.74, 6) is 0.339. The normalized spacial score (nSPS) is 13.3. The standard InChI is InChI=1S/C21H26FN5O2S/c1-11(2)25-19-8-14(5-6-24-19)20-26-27-21(30-20)15-9-16(22)18(7-12(15)3)29-10-17(23)13(4)28/h5-9,11,13,17,28H,10,23H2,1-4H3,(H,24,25)/t13-,17+/m1/s1. The molecule has 7 nitrogen and oxygen atoms in total. The Morgan fingerprint density at radius 1 is 1.20 bits per heavy atom. The Morgan fingerprint density at radius 2 is 1.93 bits per heavy atom. The van der Waals surface area contributed by atoms with E-state index in [1.807, 2.05) is 32.9 Å². The fraction of sp³-hybridized carbons (Fsp3) is 0.381. The average molecular weight is 432 g/mol. The molecule has 30 heavy (non-hydrogen) atoms. The lowest BCUT2D eigenvalue weighted by atomic mass is 10.1. The number of nitrogens with one attached hydrogen (secondary N) is 1. The van der Waals surface area contributed by atoms with Crippen molar-refractivity contribution in [3.05, 3.63) is 41.8 Å². The molecule has 0 bridgehead atoms. The molecule has 2 aromatic heterocycles. The number of halogens is 1. The predicted molar refractivity (Wildman–Crippen MR) is 117 cm³/mol. The minimum absolute atomic E-state index is 0.0190. The van der Waals surface area contributed by atoms with E-state index in [-0.39, 0.29) is 18.4 Å². The number of nitrogens with two attached hydrogens (primary N) is 1. The van der Waals surface area contributed by atoms with E-state index < -0.39 is 18.0 Å². The third-order valence-electron chi connectivity index (χ3n) is 4.43. The number of benzene rings is 1. The zero-order chi connectivity index (χ0) is 21.8. The molecule has 0 radical (unpaired) electrons. The first kappa shape index (κ1) is 22.1. The second-order valence-electron chi connectivity index (χ2n) is 7.45. The third-order valence-corrected chi connectivity index (χ3v) is 5.43. The van der Waals surface area contributed by atoms with Gasteiger partial charge in [-0.2, -0.15) is 0 Å². The summed E-state index contributed by atoms with van der Waals surface area (Å²) in [5.41, 5.74) is 8.09. The predicted octanol–water partition coefficient (Wildman–Crippen LogP) is 3.62. The molecular formula is C21H26FN5O2S. The van der Waals surface area contributed by atoms with E-state index in [1.165, 1.54) is 17.4 Å². The Labute approximate surface area is 179 Å². The lowest BCUT2D eigenvalue weighted by Gasteiger charge is -2.16. The van der Waals surface area contributed by atoms with Gasteiger partial charge in [-0.1, -0.05) is 11.3 Å². The molecule has 2 heterocycles. The Bertz CT molecular complexity index is 1010. The van der Waals surface area contributed by atoms with Crippen LogP contribution in [0.2, 0.25) is 0 Å². The van der Waals surface area contributed by atoms with Crippen molar-refractivity contribution in [2.45, 2.75) is 45.9 Å². The summed E-state index contributed by atoms with van der Waals surface area (Å²) in [6.45, 7) is 7.52. The van der Waals surface area contributed by atoms with Crippen LogP contribution >= 0.6 is 11.3 Å². The summed E-state index contributed by atoms with van der Waals surface area (Å²) in [5, 5.41) is 22.6. The number of ether oxygens (including phenoxy) is 1. The van der Waals surface area contributed by atoms with Crippen LogP contribution in [0.15, 0.2) is 30.5 Å². The van der Waals surface area contributed by atoms with Crippen LogP contribution in [0.25, 0.3) is 21.1 Å². The van der Waals surface area contributed by atoms with Crippen molar-refractivity contribution in [2.75, 3.05) is 11.9 Å². The molecule has 1 aromatic carbocycles. The molecule has 0 aliphatic carbocycles. The molecule has 2 atom stereocenters. The van der Waals surface area contributed by atoms with Crippen LogP contribution in [0.5, 0.6) is 5.75 Å². The van der Waals surface area contributed by atoms with Crippen molar-refractivity contribution in [1.29, 1.82) is 0 Å². The Balaban J connectivity index is 1.82.